The number of hydrogen-bond donors (Lipinski definition) is 1. The number of benzene rings is 2. The van der Waals surface area contributed by atoms with Gasteiger partial charge in [-0.25, -0.2) is 4.79 Å². The quantitative estimate of drug-likeness (QED) is 0.267. The summed E-state index contributed by atoms with van der Waals surface area (Å²) in [6, 6.07) is 7.76. The molecule has 0 aliphatic carbocycles. The van der Waals surface area contributed by atoms with E-state index >= 15 is 0 Å². The number of hydrogen-bond acceptors (Lipinski definition) is 8. The number of nitrogens with one attached hydrogen (secondary N) is 1. The molecule has 0 unspecified atom stereocenters. The number of nitrogens with zero attached hydrogens (tertiary/aromatic N) is 1. The van der Waals surface area contributed by atoms with Crippen LogP contribution in [-0.4, -0.2) is 54.3 Å². The standard InChI is InChI=1S/C25H24BrClN2O7S/c1-4-34-19-10-14(9-17(26)22(19)35-5-2)11-20-23(31)29(25(33)37-20)13-21(30)28-15-7-8-18(27)16(12-15)24(32)36-6-3/h7-12H,4-6,13H2,1-3H3,(H,28,30)/b20-11+. The summed E-state index contributed by atoms with van der Waals surface area (Å²) in [4.78, 5) is 51.1. The smallest absolute Gasteiger partial charge is 0.339 e. The number of carbonyl (C=O) groups excluding carboxylic acids is 4. The second-order valence-corrected chi connectivity index (χ2v) is 9.68. The molecule has 196 valence electrons. The topological polar surface area (TPSA) is 111 Å². The Morgan fingerprint density at radius 1 is 1.08 bits per heavy atom. The summed E-state index contributed by atoms with van der Waals surface area (Å²) in [7, 11) is 0. The van der Waals surface area contributed by atoms with Gasteiger partial charge in [0.15, 0.2) is 11.5 Å². The zero-order valence-corrected chi connectivity index (χ0v) is 23.4. The van der Waals surface area contributed by atoms with Crippen molar-refractivity contribution >= 4 is 74.1 Å². The third-order valence-corrected chi connectivity index (χ3v) is 6.66. The molecule has 0 bridgehead atoms. The van der Waals surface area contributed by atoms with Gasteiger partial charge in [-0.2, -0.15) is 0 Å². The molecule has 9 nitrogen and oxygen atoms in total. The van der Waals surface area contributed by atoms with Gasteiger partial charge >= 0.3 is 5.97 Å². The van der Waals surface area contributed by atoms with E-state index in [1.807, 2.05) is 13.8 Å². The van der Waals surface area contributed by atoms with Crippen LogP contribution in [0.5, 0.6) is 11.5 Å². The van der Waals surface area contributed by atoms with E-state index in [0.29, 0.717) is 34.7 Å². The minimum Gasteiger partial charge on any atom is -0.490 e. The van der Waals surface area contributed by atoms with Crippen LogP contribution in [0, 0.1) is 0 Å². The number of carbonyl (C=O) groups is 4. The predicted molar refractivity (Wildman–Crippen MR) is 145 cm³/mol. The molecule has 3 amide bonds. The third-order valence-electron chi connectivity index (χ3n) is 4.84. The summed E-state index contributed by atoms with van der Waals surface area (Å²) >= 11 is 10.2. The first-order valence-corrected chi connectivity index (χ1v) is 13.3. The molecule has 0 radical (unpaired) electrons. The van der Waals surface area contributed by atoms with Gasteiger partial charge in [0.1, 0.15) is 6.54 Å². The van der Waals surface area contributed by atoms with E-state index in [1.165, 1.54) is 18.2 Å². The zero-order chi connectivity index (χ0) is 27.1. The fourth-order valence-electron chi connectivity index (χ4n) is 3.32. The summed E-state index contributed by atoms with van der Waals surface area (Å²) < 4.78 is 16.9. The normalized spacial score (nSPS) is 14.2. The van der Waals surface area contributed by atoms with Gasteiger partial charge < -0.3 is 19.5 Å². The van der Waals surface area contributed by atoms with Gasteiger partial charge in [-0.05, 0) is 90.4 Å². The Morgan fingerprint density at radius 3 is 2.49 bits per heavy atom. The molecule has 1 aliphatic rings. The lowest BCUT2D eigenvalue weighted by Gasteiger charge is -2.14. The molecule has 37 heavy (non-hydrogen) atoms. The SMILES string of the molecule is CCOC(=O)c1cc(NC(=O)CN2C(=O)S/C(=C/c3cc(Br)c(OCC)c(OCC)c3)C2=O)ccc1Cl. The Bertz CT molecular complexity index is 1270. The molecular formula is C25H24BrClN2O7S. The van der Waals surface area contributed by atoms with Crippen LogP contribution in [0.2, 0.25) is 5.02 Å². The number of anilines is 1. The van der Waals surface area contributed by atoms with Gasteiger partial charge in [0.25, 0.3) is 11.1 Å². The molecule has 2 aromatic rings. The number of rotatable bonds is 10. The van der Waals surface area contributed by atoms with Gasteiger partial charge in [-0.15, -0.1) is 0 Å². The van der Waals surface area contributed by atoms with Crippen molar-refractivity contribution in [3.05, 3.63) is 55.9 Å². The van der Waals surface area contributed by atoms with Crippen molar-refractivity contribution in [2.45, 2.75) is 20.8 Å². The molecule has 0 saturated carbocycles. The van der Waals surface area contributed by atoms with Crippen molar-refractivity contribution < 1.29 is 33.4 Å². The Morgan fingerprint density at radius 2 is 1.81 bits per heavy atom. The highest BCUT2D eigenvalue weighted by molar-refractivity contribution is 9.10. The van der Waals surface area contributed by atoms with Gasteiger partial charge in [-0.3, -0.25) is 19.3 Å². The van der Waals surface area contributed by atoms with Crippen molar-refractivity contribution in [2.75, 3.05) is 31.7 Å². The molecule has 3 rings (SSSR count). The maximum atomic E-state index is 12.9. The van der Waals surface area contributed by atoms with E-state index in [1.54, 1.807) is 25.1 Å². The van der Waals surface area contributed by atoms with Crippen molar-refractivity contribution in [3.63, 3.8) is 0 Å². The minimum atomic E-state index is -0.631. The fraction of sp³-hybridized carbons (Fsp3) is 0.280. The molecule has 0 spiro atoms. The molecule has 1 heterocycles. The predicted octanol–water partition coefficient (Wildman–Crippen LogP) is 5.75. The van der Waals surface area contributed by atoms with Crippen LogP contribution >= 0.6 is 39.3 Å². The van der Waals surface area contributed by atoms with Crippen LogP contribution in [-0.2, 0) is 14.3 Å². The lowest BCUT2D eigenvalue weighted by molar-refractivity contribution is -0.127. The monoisotopic (exact) mass is 610 g/mol. The molecule has 12 heteroatoms. The second-order valence-electron chi connectivity index (χ2n) is 7.43. The molecule has 1 aliphatic heterocycles. The summed E-state index contributed by atoms with van der Waals surface area (Å²) in [5.74, 6) is -0.819. The molecular weight excluding hydrogens is 588 g/mol. The van der Waals surface area contributed by atoms with E-state index in [0.717, 1.165) is 16.7 Å². The maximum Gasteiger partial charge on any atom is 0.339 e. The average Bonchev–Trinajstić information content (AvgIpc) is 3.10. The third kappa shape index (κ3) is 7.06. The first-order chi connectivity index (χ1) is 17.7. The zero-order valence-electron chi connectivity index (χ0n) is 20.3. The van der Waals surface area contributed by atoms with E-state index in [-0.39, 0.29) is 27.8 Å². The highest BCUT2D eigenvalue weighted by Gasteiger charge is 2.36. The fourth-order valence-corrected chi connectivity index (χ4v) is 4.93. The van der Waals surface area contributed by atoms with Crippen LogP contribution in [0.4, 0.5) is 10.5 Å². The number of halogens is 2. The van der Waals surface area contributed by atoms with E-state index < -0.39 is 29.6 Å². The van der Waals surface area contributed by atoms with Crippen LogP contribution in [0.15, 0.2) is 39.7 Å². The second kappa shape index (κ2) is 13.0. The number of imide groups is 1. The van der Waals surface area contributed by atoms with Crippen molar-refractivity contribution in [3.8, 4) is 11.5 Å². The Labute approximate surface area is 231 Å². The highest BCUT2D eigenvalue weighted by Crippen LogP contribution is 2.39. The number of esters is 1. The lowest BCUT2D eigenvalue weighted by atomic mass is 10.2. The minimum absolute atomic E-state index is 0.0864. The van der Waals surface area contributed by atoms with E-state index in [9.17, 15) is 19.2 Å². The van der Waals surface area contributed by atoms with Crippen molar-refractivity contribution in [1.29, 1.82) is 0 Å². The Balaban J connectivity index is 1.75. The van der Waals surface area contributed by atoms with Gasteiger partial charge in [0.05, 0.1) is 39.8 Å². The maximum absolute atomic E-state index is 12.9. The highest BCUT2D eigenvalue weighted by atomic mass is 79.9. The van der Waals surface area contributed by atoms with Crippen LogP contribution < -0.4 is 14.8 Å². The summed E-state index contributed by atoms with van der Waals surface area (Å²) in [6.07, 6.45) is 1.55. The first kappa shape index (κ1) is 28.5. The van der Waals surface area contributed by atoms with Crippen LogP contribution in [0.25, 0.3) is 6.08 Å². The van der Waals surface area contributed by atoms with Gasteiger partial charge in [-0.1, -0.05) is 11.6 Å². The lowest BCUT2D eigenvalue weighted by Crippen LogP contribution is -2.36. The summed E-state index contributed by atoms with van der Waals surface area (Å²) in [5.41, 5.74) is 0.965. The van der Waals surface area contributed by atoms with Crippen molar-refractivity contribution in [1.82, 2.24) is 4.90 Å². The summed E-state index contributed by atoms with van der Waals surface area (Å²) in [5, 5.41) is 2.16. The number of ether oxygens (including phenoxy) is 3. The molecule has 1 N–H and O–H groups in total. The summed E-state index contributed by atoms with van der Waals surface area (Å²) in [6.45, 7) is 5.88. The van der Waals surface area contributed by atoms with Gasteiger partial charge in [0.2, 0.25) is 5.91 Å². The first-order valence-electron chi connectivity index (χ1n) is 11.3. The number of thioether (sulfide) groups is 1. The molecule has 1 fully saturated rings. The molecule has 0 atom stereocenters. The van der Waals surface area contributed by atoms with E-state index in [4.69, 9.17) is 25.8 Å². The molecule has 1 saturated heterocycles. The van der Waals surface area contributed by atoms with Crippen LogP contribution in [0.3, 0.4) is 0 Å². The molecule has 2 aromatic carbocycles. The van der Waals surface area contributed by atoms with Crippen LogP contribution in [0.1, 0.15) is 36.7 Å². The van der Waals surface area contributed by atoms with E-state index in [2.05, 4.69) is 21.2 Å². The average molecular weight is 612 g/mol. The molecule has 0 aromatic heterocycles. The van der Waals surface area contributed by atoms with Crippen molar-refractivity contribution in [2.24, 2.45) is 0 Å². The number of amides is 3. The Kier molecular flexibility index (Phi) is 10.0. The van der Waals surface area contributed by atoms with Gasteiger partial charge in [0, 0.05) is 5.69 Å². The Hall–Kier alpha value is -3.02. The largest absolute Gasteiger partial charge is 0.490 e.